The van der Waals surface area contributed by atoms with Gasteiger partial charge in [0, 0.05) is 11.6 Å². The van der Waals surface area contributed by atoms with Crippen LogP contribution in [0.3, 0.4) is 0 Å². The van der Waals surface area contributed by atoms with Crippen molar-refractivity contribution in [3.05, 3.63) is 41.4 Å². The van der Waals surface area contributed by atoms with Gasteiger partial charge in [0.05, 0.1) is 23.6 Å². The van der Waals surface area contributed by atoms with E-state index in [9.17, 15) is 23.1 Å². The molecule has 30 heavy (non-hydrogen) atoms. The quantitative estimate of drug-likeness (QED) is 0.658. The van der Waals surface area contributed by atoms with Crippen LogP contribution in [0.4, 0.5) is 18.9 Å². The second kappa shape index (κ2) is 7.33. The first kappa shape index (κ1) is 21.7. The molecule has 0 bridgehead atoms. The zero-order chi connectivity index (χ0) is 22.4. The van der Waals surface area contributed by atoms with Crippen molar-refractivity contribution in [1.29, 1.82) is 0 Å². The van der Waals surface area contributed by atoms with Gasteiger partial charge in [-0.05, 0) is 40.5 Å². The summed E-state index contributed by atoms with van der Waals surface area (Å²) in [6.45, 7) is 10.5. The third kappa shape index (κ3) is 4.12. The number of aromatic carboxylic acids is 1. The molecule has 0 amide bonds. The monoisotopic (exact) mass is 424 g/mol. The maximum Gasteiger partial charge on any atom is 0.422 e. The van der Waals surface area contributed by atoms with Crippen LogP contribution < -0.4 is 10.1 Å². The average molecular weight is 424 g/mol. The van der Waals surface area contributed by atoms with Crippen LogP contribution in [0.2, 0.25) is 0 Å². The highest BCUT2D eigenvalue weighted by molar-refractivity contribution is 5.87. The van der Waals surface area contributed by atoms with Gasteiger partial charge < -0.3 is 15.2 Å². The van der Waals surface area contributed by atoms with Crippen LogP contribution in [-0.4, -0.2) is 31.9 Å². The molecule has 10 heteroatoms. The maximum absolute atomic E-state index is 13.9. The van der Waals surface area contributed by atoms with E-state index in [4.69, 9.17) is 4.74 Å². The Hall–Kier alpha value is -3.04. The van der Waals surface area contributed by atoms with Gasteiger partial charge in [0.15, 0.2) is 11.4 Å². The summed E-state index contributed by atoms with van der Waals surface area (Å²) in [5, 5.41) is 16.3. The van der Waals surface area contributed by atoms with E-state index >= 15 is 0 Å². The number of nitrogens with one attached hydrogen (secondary N) is 1. The summed E-state index contributed by atoms with van der Waals surface area (Å²) < 4.78 is 48.8. The first-order valence-electron chi connectivity index (χ1n) is 9.28. The number of halogens is 3. The number of aromatic nitrogens is 3. The molecule has 0 aromatic carbocycles. The maximum atomic E-state index is 13.9. The molecule has 2 aromatic heterocycles. The Balaban J connectivity index is 2.09. The molecule has 2 N–H and O–H groups in total. The number of nitrogens with zero attached hydrogens (tertiary/aromatic N) is 3. The lowest BCUT2D eigenvalue weighted by Gasteiger charge is -2.31. The molecule has 0 atom stereocenters. The number of ether oxygens (including phenoxy) is 1. The lowest BCUT2D eigenvalue weighted by atomic mass is 9.87. The minimum atomic E-state index is -4.72. The Morgan fingerprint density at radius 3 is 2.43 bits per heavy atom. The van der Waals surface area contributed by atoms with Gasteiger partial charge in [0.2, 0.25) is 5.88 Å². The van der Waals surface area contributed by atoms with Crippen LogP contribution in [0.1, 0.15) is 55.2 Å². The average Bonchev–Trinajstić information content (AvgIpc) is 2.90. The smallest absolute Gasteiger partial charge is 0.422 e. The molecule has 0 radical (unpaired) electrons. The molecular weight excluding hydrogens is 401 g/mol. The molecule has 2 heterocycles. The molecule has 1 aliphatic rings. The van der Waals surface area contributed by atoms with Gasteiger partial charge in [0.1, 0.15) is 5.56 Å². The number of pyridine rings is 1. The third-order valence-corrected chi connectivity index (χ3v) is 4.74. The van der Waals surface area contributed by atoms with E-state index in [1.165, 1.54) is 11.6 Å². The van der Waals surface area contributed by atoms with E-state index in [1.807, 2.05) is 0 Å². The highest BCUT2D eigenvalue weighted by Gasteiger charge is 2.40. The molecule has 2 aromatic rings. The standard InChI is InChI=1S/C20H23F3N4O3/c1-10-6-12(7-10)25-13-8-24-9-14(15(13)20(21,22)23)30-17-11(2)16(18(28)29)26-27(17)19(3,4)5/h8-9,12,25H,1,6-7H2,2-5H3,(H,28,29). The van der Waals surface area contributed by atoms with Crippen molar-refractivity contribution < 1.29 is 27.8 Å². The van der Waals surface area contributed by atoms with Crippen molar-refractivity contribution in [2.75, 3.05) is 5.32 Å². The molecule has 0 spiro atoms. The number of carbonyl (C=O) groups is 1. The van der Waals surface area contributed by atoms with Crippen LogP contribution in [0.5, 0.6) is 11.6 Å². The predicted molar refractivity (Wildman–Crippen MR) is 104 cm³/mol. The normalized spacial score (nSPS) is 15.1. The lowest BCUT2D eigenvalue weighted by molar-refractivity contribution is -0.138. The second-order valence-corrected chi connectivity index (χ2v) is 8.33. The van der Waals surface area contributed by atoms with Crippen molar-refractivity contribution in [3.63, 3.8) is 0 Å². The molecule has 7 nitrogen and oxygen atoms in total. The summed E-state index contributed by atoms with van der Waals surface area (Å²) in [5.41, 5.74) is -1.14. The van der Waals surface area contributed by atoms with Crippen molar-refractivity contribution in [2.45, 2.75) is 58.3 Å². The Morgan fingerprint density at radius 2 is 1.93 bits per heavy atom. The van der Waals surface area contributed by atoms with Gasteiger partial charge in [-0.1, -0.05) is 12.2 Å². The molecule has 1 aliphatic carbocycles. The van der Waals surface area contributed by atoms with E-state index in [-0.39, 0.29) is 28.9 Å². The van der Waals surface area contributed by atoms with Crippen LogP contribution in [0, 0.1) is 6.92 Å². The summed E-state index contributed by atoms with van der Waals surface area (Å²) >= 11 is 0. The summed E-state index contributed by atoms with van der Waals surface area (Å²) in [6.07, 6.45) is -1.49. The van der Waals surface area contributed by atoms with Crippen molar-refractivity contribution in [1.82, 2.24) is 14.8 Å². The Morgan fingerprint density at radius 1 is 1.30 bits per heavy atom. The fourth-order valence-electron chi connectivity index (χ4n) is 3.24. The zero-order valence-corrected chi connectivity index (χ0v) is 17.1. The fourth-order valence-corrected chi connectivity index (χ4v) is 3.24. The summed E-state index contributed by atoms with van der Waals surface area (Å²) in [4.78, 5) is 15.4. The molecular formula is C20H23F3N4O3. The number of carboxylic acids is 1. The van der Waals surface area contributed by atoms with E-state index in [2.05, 4.69) is 22.0 Å². The predicted octanol–water partition coefficient (Wildman–Crippen LogP) is 4.98. The van der Waals surface area contributed by atoms with E-state index in [1.54, 1.807) is 20.8 Å². The Bertz CT molecular complexity index is 998. The second-order valence-electron chi connectivity index (χ2n) is 8.33. The fraction of sp³-hybridized carbons (Fsp3) is 0.450. The first-order chi connectivity index (χ1) is 13.8. The highest BCUT2D eigenvalue weighted by atomic mass is 19.4. The largest absolute Gasteiger partial charge is 0.476 e. The summed E-state index contributed by atoms with van der Waals surface area (Å²) in [7, 11) is 0. The van der Waals surface area contributed by atoms with E-state index < -0.39 is 29.0 Å². The van der Waals surface area contributed by atoms with Crippen molar-refractivity contribution in [3.8, 4) is 11.6 Å². The topological polar surface area (TPSA) is 89.3 Å². The third-order valence-electron chi connectivity index (χ3n) is 4.74. The van der Waals surface area contributed by atoms with Crippen LogP contribution in [0.15, 0.2) is 24.5 Å². The number of hydrogen-bond acceptors (Lipinski definition) is 5. The Kier molecular flexibility index (Phi) is 5.30. The van der Waals surface area contributed by atoms with E-state index in [0.717, 1.165) is 18.0 Å². The van der Waals surface area contributed by atoms with E-state index in [0.29, 0.717) is 12.8 Å². The molecule has 0 saturated heterocycles. The number of hydrogen-bond donors (Lipinski definition) is 2. The number of carboxylic acid groups (broad SMARTS) is 1. The molecule has 3 rings (SSSR count). The van der Waals surface area contributed by atoms with Gasteiger partial charge in [-0.2, -0.15) is 18.3 Å². The number of rotatable bonds is 5. The minimum Gasteiger partial charge on any atom is -0.476 e. The van der Waals surface area contributed by atoms with Gasteiger partial charge in [-0.3, -0.25) is 4.98 Å². The molecule has 0 unspecified atom stereocenters. The highest BCUT2D eigenvalue weighted by Crippen LogP contribution is 2.44. The molecule has 0 aliphatic heterocycles. The zero-order valence-electron chi connectivity index (χ0n) is 17.1. The van der Waals surface area contributed by atoms with Gasteiger partial charge in [-0.15, -0.1) is 0 Å². The van der Waals surface area contributed by atoms with Crippen molar-refractivity contribution >= 4 is 11.7 Å². The van der Waals surface area contributed by atoms with Crippen LogP contribution in [-0.2, 0) is 11.7 Å². The van der Waals surface area contributed by atoms with Gasteiger partial charge in [-0.25, -0.2) is 9.48 Å². The molecule has 1 saturated carbocycles. The SMILES string of the molecule is C=C1CC(Nc2cncc(Oc3c(C)c(C(=O)O)nn3C(C)(C)C)c2C(F)(F)F)C1. The van der Waals surface area contributed by atoms with Crippen LogP contribution >= 0.6 is 0 Å². The van der Waals surface area contributed by atoms with Crippen molar-refractivity contribution in [2.24, 2.45) is 0 Å². The Labute approximate surface area is 171 Å². The molecule has 162 valence electrons. The number of alkyl halides is 3. The first-order valence-corrected chi connectivity index (χ1v) is 9.28. The lowest BCUT2D eigenvalue weighted by Crippen LogP contribution is -2.30. The van der Waals surface area contributed by atoms with Gasteiger partial charge >= 0.3 is 12.1 Å². The summed E-state index contributed by atoms with van der Waals surface area (Å²) in [6, 6.07) is -0.156. The van der Waals surface area contributed by atoms with Crippen LogP contribution in [0.25, 0.3) is 0 Å². The minimum absolute atomic E-state index is 0.0821. The molecule has 1 fully saturated rings. The summed E-state index contributed by atoms with van der Waals surface area (Å²) in [5.74, 6) is -1.91. The number of anilines is 1. The van der Waals surface area contributed by atoms with Gasteiger partial charge in [0.25, 0.3) is 0 Å².